The quantitative estimate of drug-likeness (QED) is 0.790. The van der Waals surface area contributed by atoms with Crippen molar-refractivity contribution in [3.63, 3.8) is 0 Å². The number of esters is 1. The van der Waals surface area contributed by atoms with Gasteiger partial charge in [-0.05, 0) is 31.0 Å². The predicted octanol–water partition coefficient (Wildman–Crippen LogP) is 0.994. The molecule has 18 heavy (non-hydrogen) atoms. The minimum atomic E-state index is -0.369. The Bertz CT molecular complexity index is 386. The first-order valence-corrected chi connectivity index (χ1v) is 6.11. The fourth-order valence-electron chi connectivity index (χ4n) is 1.94. The molecule has 0 saturated carbocycles. The van der Waals surface area contributed by atoms with E-state index in [1.807, 2.05) is 0 Å². The zero-order valence-corrected chi connectivity index (χ0v) is 10.5. The number of carbonyl (C=O) groups is 1. The molecule has 0 bridgehead atoms. The maximum Gasteiger partial charge on any atom is 0.339 e. The van der Waals surface area contributed by atoms with E-state index < -0.39 is 0 Å². The fourth-order valence-corrected chi connectivity index (χ4v) is 1.94. The lowest BCUT2D eigenvalue weighted by Crippen LogP contribution is -2.14. The molecule has 0 spiro atoms. The van der Waals surface area contributed by atoms with Crippen LogP contribution in [0, 0.1) is 5.92 Å². The molecule has 1 atom stereocenters. The summed E-state index contributed by atoms with van der Waals surface area (Å²) in [5, 5.41) is 3.30. The van der Waals surface area contributed by atoms with E-state index >= 15 is 0 Å². The topological polar surface area (TPSA) is 60.5 Å². The van der Waals surface area contributed by atoms with Crippen LogP contribution < -0.4 is 5.32 Å². The number of methoxy groups -OCH3 is 1. The third-order valence-electron chi connectivity index (χ3n) is 3.01. The first kappa shape index (κ1) is 13.0. The molecule has 1 saturated heterocycles. The van der Waals surface area contributed by atoms with Crippen LogP contribution in [0.2, 0.25) is 0 Å². The Morgan fingerprint density at radius 3 is 3.06 bits per heavy atom. The average Bonchev–Trinajstić information content (AvgIpc) is 2.92. The molecule has 1 unspecified atom stereocenters. The number of hydrogen-bond acceptors (Lipinski definition) is 5. The molecule has 1 aliphatic heterocycles. The maximum atomic E-state index is 11.2. The van der Waals surface area contributed by atoms with Crippen LogP contribution in [0.1, 0.15) is 22.5 Å². The number of hydrogen-bond donors (Lipinski definition) is 1. The number of carbonyl (C=O) groups excluding carboxylic acids is 1. The third-order valence-corrected chi connectivity index (χ3v) is 3.01. The molecule has 5 heteroatoms. The SMILES string of the molecule is COC(=O)c1ccc(COCC2CCNC2)nc1. The molecular weight excluding hydrogens is 232 g/mol. The summed E-state index contributed by atoms with van der Waals surface area (Å²) >= 11 is 0. The van der Waals surface area contributed by atoms with Crippen molar-refractivity contribution >= 4 is 5.97 Å². The van der Waals surface area contributed by atoms with E-state index in [-0.39, 0.29) is 5.97 Å². The number of pyridine rings is 1. The summed E-state index contributed by atoms with van der Waals surface area (Å²) in [4.78, 5) is 15.4. The van der Waals surface area contributed by atoms with E-state index in [1.165, 1.54) is 19.7 Å². The van der Waals surface area contributed by atoms with Crippen molar-refractivity contribution in [1.82, 2.24) is 10.3 Å². The van der Waals surface area contributed by atoms with Crippen LogP contribution in [0.4, 0.5) is 0 Å². The molecule has 2 rings (SSSR count). The Kier molecular flexibility index (Phi) is 4.66. The summed E-state index contributed by atoms with van der Waals surface area (Å²) in [6.07, 6.45) is 2.69. The summed E-state index contributed by atoms with van der Waals surface area (Å²) < 4.78 is 10.2. The van der Waals surface area contributed by atoms with Crippen molar-refractivity contribution in [2.75, 3.05) is 26.8 Å². The van der Waals surface area contributed by atoms with Crippen LogP contribution in [0.3, 0.4) is 0 Å². The Balaban J connectivity index is 1.77. The molecule has 1 aromatic rings. The highest BCUT2D eigenvalue weighted by molar-refractivity contribution is 5.88. The molecule has 5 nitrogen and oxygen atoms in total. The van der Waals surface area contributed by atoms with Gasteiger partial charge in [0, 0.05) is 12.7 Å². The van der Waals surface area contributed by atoms with E-state index in [2.05, 4.69) is 15.0 Å². The van der Waals surface area contributed by atoms with E-state index in [0.29, 0.717) is 18.1 Å². The van der Waals surface area contributed by atoms with Crippen molar-refractivity contribution in [3.8, 4) is 0 Å². The van der Waals surface area contributed by atoms with Crippen LogP contribution in [-0.2, 0) is 16.1 Å². The van der Waals surface area contributed by atoms with Crippen molar-refractivity contribution < 1.29 is 14.3 Å². The van der Waals surface area contributed by atoms with Crippen molar-refractivity contribution in [2.45, 2.75) is 13.0 Å². The van der Waals surface area contributed by atoms with E-state index in [0.717, 1.165) is 25.4 Å². The van der Waals surface area contributed by atoms with E-state index in [9.17, 15) is 4.79 Å². The van der Waals surface area contributed by atoms with Gasteiger partial charge in [-0.2, -0.15) is 0 Å². The lowest BCUT2D eigenvalue weighted by atomic mass is 10.1. The van der Waals surface area contributed by atoms with Gasteiger partial charge in [-0.15, -0.1) is 0 Å². The van der Waals surface area contributed by atoms with Gasteiger partial charge >= 0.3 is 5.97 Å². The molecule has 2 heterocycles. The standard InChI is InChI=1S/C13H18N2O3/c1-17-13(16)11-2-3-12(15-7-11)9-18-8-10-4-5-14-6-10/h2-3,7,10,14H,4-6,8-9H2,1H3. The van der Waals surface area contributed by atoms with E-state index in [4.69, 9.17) is 4.74 Å². The fraction of sp³-hybridized carbons (Fsp3) is 0.538. The van der Waals surface area contributed by atoms with Gasteiger partial charge in [-0.1, -0.05) is 0 Å². The smallest absolute Gasteiger partial charge is 0.339 e. The highest BCUT2D eigenvalue weighted by Crippen LogP contribution is 2.09. The predicted molar refractivity (Wildman–Crippen MR) is 66.2 cm³/mol. The summed E-state index contributed by atoms with van der Waals surface area (Å²) in [7, 11) is 1.36. The number of aromatic nitrogens is 1. The van der Waals surface area contributed by atoms with Gasteiger partial charge in [0.2, 0.25) is 0 Å². The molecule has 0 amide bonds. The summed E-state index contributed by atoms with van der Waals surface area (Å²) in [5.41, 5.74) is 1.29. The Morgan fingerprint density at radius 2 is 2.44 bits per heavy atom. The first-order valence-electron chi connectivity index (χ1n) is 6.11. The van der Waals surface area contributed by atoms with Crippen LogP contribution in [0.5, 0.6) is 0 Å². The third kappa shape index (κ3) is 3.51. The minimum Gasteiger partial charge on any atom is -0.465 e. The summed E-state index contributed by atoms with van der Waals surface area (Å²) in [5.74, 6) is 0.242. The van der Waals surface area contributed by atoms with Crippen LogP contribution >= 0.6 is 0 Å². The van der Waals surface area contributed by atoms with Gasteiger partial charge in [0.15, 0.2) is 0 Å². The van der Waals surface area contributed by atoms with Gasteiger partial charge in [0.25, 0.3) is 0 Å². The van der Waals surface area contributed by atoms with Gasteiger partial charge in [-0.25, -0.2) is 4.79 Å². The van der Waals surface area contributed by atoms with Gasteiger partial charge in [0.05, 0.1) is 31.6 Å². The van der Waals surface area contributed by atoms with Crippen molar-refractivity contribution in [3.05, 3.63) is 29.6 Å². The van der Waals surface area contributed by atoms with Crippen LogP contribution in [0.25, 0.3) is 0 Å². The molecule has 98 valence electrons. The number of ether oxygens (including phenoxy) is 2. The van der Waals surface area contributed by atoms with Gasteiger partial charge in [-0.3, -0.25) is 4.98 Å². The number of rotatable bonds is 5. The minimum absolute atomic E-state index is 0.369. The first-order chi connectivity index (χ1) is 8.79. The van der Waals surface area contributed by atoms with Crippen LogP contribution in [-0.4, -0.2) is 37.8 Å². The molecular formula is C13H18N2O3. The van der Waals surface area contributed by atoms with Crippen molar-refractivity contribution in [1.29, 1.82) is 0 Å². The maximum absolute atomic E-state index is 11.2. The lowest BCUT2D eigenvalue weighted by Gasteiger charge is -2.09. The molecule has 1 N–H and O–H groups in total. The zero-order valence-electron chi connectivity index (χ0n) is 10.5. The highest BCUT2D eigenvalue weighted by atomic mass is 16.5. The molecule has 0 radical (unpaired) electrons. The largest absolute Gasteiger partial charge is 0.465 e. The van der Waals surface area contributed by atoms with E-state index in [1.54, 1.807) is 12.1 Å². The molecule has 0 aromatic carbocycles. The second kappa shape index (κ2) is 6.47. The monoisotopic (exact) mass is 250 g/mol. The number of nitrogens with one attached hydrogen (secondary N) is 1. The Morgan fingerprint density at radius 1 is 1.56 bits per heavy atom. The highest BCUT2D eigenvalue weighted by Gasteiger charge is 2.14. The molecule has 1 fully saturated rings. The Labute approximate surface area is 107 Å². The van der Waals surface area contributed by atoms with Gasteiger partial charge in [0.1, 0.15) is 0 Å². The normalized spacial score (nSPS) is 18.8. The second-order valence-electron chi connectivity index (χ2n) is 4.40. The van der Waals surface area contributed by atoms with Crippen molar-refractivity contribution in [2.24, 2.45) is 5.92 Å². The summed E-state index contributed by atoms with van der Waals surface area (Å²) in [6.45, 7) is 3.36. The molecule has 0 aliphatic carbocycles. The second-order valence-corrected chi connectivity index (χ2v) is 4.40. The van der Waals surface area contributed by atoms with Crippen LogP contribution in [0.15, 0.2) is 18.3 Å². The zero-order chi connectivity index (χ0) is 12.8. The Hall–Kier alpha value is -1.46. The summed E-state index contributed by atoms with van der Waals surface area (Å²) in [6, 6.07) is 3.49. The van der Waals surface area contributed by atoms with Gasteiger partial charge < -0.3 is 14.8 Å². The molecule has 1 aliphatic rings. The lowest BCUT2D eigenvalue weighted by molar-refractivity contribution is 0.0599. The molecule has 1 aromatic heterocycles. The number of nitrogens with zero attached hydrogens (tertiary/aromatic N) is 1. The average molecular weight is 250 g/mol.